The summed E-state index contributed by atoms with van der Waals surface area (Å²) in [6, 6.07) is 6.04. The van der Waals surface area contributed by atoms with E-state index in [1.54, 1.807) is 24.1 Å². The number of methoxy groups -OCH3 is 1. The highest BCUT2D eigenvalue weighted by Crippen LogP contribution is 2.22. The molecule has 1 atom stereocenters. The van der Waals surface area contributed by atoms with Crippen LogP contribution < -0.4 is 10.5 Å². The van der Waals surface area contributed by atoms with Crippen molar-refractivity contribution in [3.8, 4) is 5.75 Å². The maximum atomic E-state index is 12.2. The molecule has 1 aromatic carbocycles. The fourth-order valence-electron chi connectivity index (χ4n) is 2.65. The molecule has 0 radical (unpaired) electrons. The molecule has 140 valence electrons. The number of rotatable bonds is 7. The molecule has 0 aromatic heterocycles. The highest BCUT2D eigenvalue weighted by atomic mass is 35.5. The van der Waals surface area contributed by atoms with Crippen LogP contribution >= 0.6 is 12.4 Å². The number of benzene rings is 1. The summed E-state index contributed by atoms with van der Waals surface area (Å²) in [6.45, 7) is 1.57. The summed E-state index contributed by atoms with van der Waals surface area (Å²) in [6.07, 6.45) is 1.50. The molecule has 1 heterocycles. The van der Waals surface area contributed by atoms with Crippen LogP contribution in [0.5, 0.6) is 5.75 Å². The van der Waals surface area contributed by atoms with Gasteiger partial charge in [-0.15, -0.1) is 12.4 Å². The number of nitrogens with zero attached hydrogens (tertiary/aromatic N) is 2. The van der Waals surface area contributed by atoms with Crippen LogP contribution in [-0.4, -0.2) is 54.7 Å². The van der Waals surface area contributed by atoms with Crippen LogP contribution in [0.25, 0.3) is 0 Å². The average Bonchev–Trinajstić information content (AvgIpc) is 2.60. The Morgan fingerprint density at radius 2 is 1.96 bits per heavy atom. The molecule has 0 saturated carbocycles. The van der Waals surface area contributed by atoms with E-state index in [-0.39, 0.29) is 36.2 Å². The van der Waals surface area contributed by atoms with Crippen LogP contribution in [0.2, 0.25) is 0 Å². The van der Waals surface area contributed by atoms with Crippen molar-refractivity contribution in [2.24, 2.45) is 5.73 Å². The van der Waals surface area contributed by atoms with E-state index in [0.717, 1.165) is 12.8 Å². The third-order valence-corrected chi connectivity index (χ3v) is 4.14. The number of non-ortho nitro benzene ring substituents is 1. The van der Waals surface area contributed by atoms with Gasteiger partial charge in [0.1, 0.15) is 11.9 Å². The predicted octanol–water partition coefficient (Wildman–Crippen LogP) is 1.75. The first-order valence-corrected chi connectivity index (χ1v) is 7.95. The van der Waals surface area contributed by atoms with E-state index < -0.39 is 4.92 Å². The number of nitrogens with two attached hydrogens (primary N) is 1. The lowest BCUT2D eigenvalue weighted by molar-refractivity contribution is -0.384. The number of piperidine rings is 1. The second-order valence-electron chi connectivity index (χ2n) is 5.75. The van der Waals surface area contributed by atoms with Gasteiger partial charge in [0.05, 0.1) is 17.4 Å². The first kappa shape index (κ1) is 21.1. The van der Waals surface area contributed by atoms with Crippen LogP contribution in [0, 0.1) is 10.1 Å². The fraction of sp³-hybridized carbons (Fsp3) is 0.562. The molecule has 1 aliphatic heterocycles. The van der Waals surface area contributed by atoms with Crippen molar-refractivity contribution in [3.63, 3.8) is 0 Å². The Morgan fingerprint density at radius 3 is 2.44 bits per heavy atom. The number of hydrogen-bond donors (Lipinski definition) is 1. The van der Waals surface area contributed by atoms with E-state index in [9.17, 15) is 14.9 Å². The third-order valence-electron chi connectivity index (χ3n) is 4.14. The standard InChI is InChI=1S/C16H23N3O5.ClH/c1-23-15(11-17)10-16(20)18-8-6-14(7-9-18)24-13-4-2-12(3-5-13)19(21)22;/h2-5,14-15H,6-11,17H2,1H3;1H. The second-order valence-corrected chi connectivity index (χ2v) is 5.75. The first-order valence-electron chi connectivity index (χ1n) is 7.95. The molecule has 0 aliphatic carbocycles. The maximum absolute atomic E-state index is 12.2. The first-order chi connectivity index (χ1) is 11.5. The summed E-state index contributed by atoms with van der Waals surface area (Å²) in [7, 11) is 1.55. The molecule has 1 amide bonds. The Labute approximate surface area is 152 Å². The molecule has 0 bridgehead atoms. The predicted molar refractivity (Wildman–Crippen MR) is 95.0 cm³/mol. The lowest BCUT2D eigenvalue weighted by atomic mass is 10.1. The van der Waals surface area contributed by atoms with Crippen molar-refractivity contribution in [1.29, 1.82) is 0 Å². The molecule has 0 spiro atoms. The van der Waals surface area contributed by atoms with Gasteiger partial charge in [0.15, 0.2) is 0 Å². The van der Waals surface area contributed by atoms with Gasteiger partial charge in [-0.25, -0.2) is 0 Å². The van der Waals surface area contributed by atoms with Crippen molar-refractivity contribution in [3.05, 3.63) is 34.4 Å². The van der Waals surface area contributed by atoms with Crippen molar-refractivity contribution >= 4 is 24.0 Å². The van der Waals surface area contributed by atoms with E-state index in [1.807, 2.05) is 0 Å². The minimum absolute atomic E-state index is 0. The number of ether oxygens (including phenoxy) is 2. The quantitative estimate of drug-likeness (QED) is 0.576. The van der Waals surface area contributed by atoms with Crippen LogP contribution in [0.15, 0.2) is 24.3 Å². The van der Waals surface area contributed by atoms with Gasteiger partial charge in [-0.2, -0.15) is 0 Å². The number of hydrogen-bond acceptors (Lipinski definition) is 6. The summed E-state index contributed by atoms with van der Waals surface area (Å²) in [5.41, 5.74) is 5.58. The van der Waals surface area contributed by atoms with E-state index in [1.165, 1.54) is 12.1 Å². The Morgan fingerprint density at radius 1 is 1.36 bits per heavy atom. The number of halogens is 1. The number of amides is 1. The molecule has 9 heteroatoms. The zero-order valence-electron chi connectivity index (χ0n) is 14.1. The minimum Gasteiger partial charge on any atom is -0.490 e. The minimum atomic E-state index is -0.442. The molecule has 1 aromatic rings. The number of carbonyl (C=O) groups excluding carboxylic acids is 1. The zero-order valence-corrected chi connectivity index (χ0v) is 14.9. The lowest BCUT2D eigenvalue weighted by Gasteiger charge is -2.32. The normalized spacial score (nSPS) is 16.0. The third kappa shape index (κ3) is 6.15. The Kier molecular flexibility index (Phi) is 8.60. The Hall–Kier alpha value is -1.90. The maximum Gasteiger partial charge on any atom is 0.269 e. The van der Waals surface area contributed by atoms with Crippen LogP contribution in [0.4, 0.5) is 5.69 Å². The topological polar surface area (TPSA) is 108 Å². The molecule has 8 nitrogen and oxygen atoms in total. The number of likely N-dealkylation sites (tertiary alicyclic amines) is 1. The van der Waals surface area contributed by atoms with Gasteiger partial charge < -0.3 is 20.1 Å². The van der Waals surface area contributed by atoms with Crippen molar-refractivity contribution in [2.45, 2.75) is 31.5 Å². The van der Waals surface area contributed by atoms with Gasteiger partial charge >= 0.3 is 0 Å². The summed E-state index contributed by atoms with van der Waals surface area (Å²) in [4.78, 5) is 24.2. The molecular formula is C16H24ClN3O5. The molecule has 2 N–H and O–H groups in total. The van der Waals surface area contributed by atoms with Gasteiger partial charge in [-0.05, 0) is 12.1 Å². The van der Waals surface area contributed by atoms with Gasteiger partial charge in [0, 0.05) is 51.7 Å². The van der Waals surface area contributed by atoms with E-state index in [4.69, 9.17) is 15.2 Å². The highest BCUT2D eigenvalue weighted by Gasteiger charge is 2.25. The summed E-state index contributed by atoms with van der Waals surface area (Å²) in [5, 5.41) is 10.6. The highest BCUT2D eigenvalue weighted by molar-refractivity contribution is 5.85. The molecular weight excluding hydrogens is 350 g/mol. The van der Waals surface area contributed by atoms with Crippen LogP contribution in [-0.2, 0) is 9.53 Å². The van der Waals surface area contributed by atoms with Gasteiger partial charge in [-0.1, -0.05) is 0 Å². The lowest BCUT2D eigenvalue weighted by Crippen LogP contribution is -2.43. The Bertz CT molecular complexity index is 557. The average molecular weight is 374 g/mol. The van der Waals surface area contributed by atoms with Crippen molar-refractivity contribution in [2.75, 3.05) is 26.7 Å². The van der Waals surface area contributed by atoms with Crippen molar-refractivity contribution in [1.82, 2.24) is 4.90 Å². The smallest absolute Gasteiger partial charge is 0.269 e. The molecule has 2 rings (SSSR count). The molecule has 1 fully saturated rings. The van der Waals surface area contributed by atoms with Crippen molar-refractivity contribution < 1.29 is 19.2 Å². The van der Waals surface area contributed by atoms with Crippen LogP contribution in [0.3, 0.4) is 0 Å². The monoisotopic (exact) mass is 373 g/mol. The molecule has 1 aliphatic rings. The molecule has 1 saturated heterocycles. The molecule has 1 unspecified atom stereocenters. The summed E-state index contributed by atoms with van der Waals surface area (Å²) < 4.78 is 11.0. The molecule has 25 heavy (non-hydrogen) atoms. The van der Waals surface area contributed by atoms with Gasteiger partial charge in [0.2, 0.25) is 5.91 Å². The second kappa shape index (κ2) is 10.2. The Balaban J connectivity index is 0.00000312. The van der Waals surface area contributed by atoms with E-state index in [2.05, 4.69) is 0 Å². The SMILES string of the molecule is COC(CN)CC(=O)N1CCC(Oc2ccc([N+](=O)[O-])cc2)CC1.Cl. The largest absolute Gasteiger partial charge is 0.490 e. The number of nitro groups is 1. The number of carbonyl (C=O) groups is 1. The summed E-state index contributed by atoms with van der Waals surface area (Å²) >= 11 is 0. The van der Waals surface area contributed by atoms with E-state index >= 15 is 0 Å². The van der Waals surface area contributed by atoms with E-state index in [0.29, 0.717) is 31.8 Å². The van der Waals surface area contributed by atoms with Crippen LogP contribution in [0.1, 0.15) is 19.3 Å². The summed E-state index contributed by atoms with van der Waals surface area (Å²) in [5.74, 6) is 0.647. The fourth-order valence-corrected chi connectivity index (χ4v) is 2.65. The zero-order chi connectivity index (χ0) is 17.5. The van der Waals surface area contributed by atoms with Gasteiger partial charge in [0.25, 0.3) is 5.69 Å². The number of nitro benzene ring substituents is 1. The van der Waals surface area contributed by atoms with Gasteiger partial charge in [-0.3, -0.25) is 14.9 Å².